The van der Waals surface area contributed by atoms with Crippen molar-refractivity contribution in [3.8, 4) is 0 Å². The number of amides is 1. The highest BCUT2D eigenvalue weighted by atomic mass is 79.9. The van der Waals surface area contributed by atoms with Crippen molar-refractivity contribution in [1.29, 1.82) is 0 Å². The van der Waals surface area contributed by atoms with Crippen molar-refractivity contribution in [3.63, 3.8) is 0 Å². The number of carbonyl (C=O) groups is 1. The van der Waals surface area contributed by atoms with E-state index in [1.807, 2.05) is 41.8 Å². The molecule has 22 heavy (non-hydrogen) atoms. The van der Waals surface area contributed by atoms with Crippen LogP contribution in [0.3, 0.4) is 0 Å². The molecule has 2 aromatic carbocycles. The number of nitrogens with zero attached hydrogens (tertiary/aromatic N) is 2. The molecule has 0 bridgehead atoms. The third-order valence-corrected chi connectivity index (χ3v) is 5.08. The van der Waals surface area contributed by atoms with Crippen LogP contribution in [0.5, 0.6) is 0 Å². The van der Waals surface area contributed by atoms with Crippen LogP contribution in [0.2, 0.25) is 5.02 Å². The van der Waals surface area contributed by atoms with Crippen molar-refractivity contribution < 1.29 is 4.79 Å². The van der Waals surface area contributed by atoms with Crippen molar-refractivity contribution in [3.05, 3.63) is 62.3 Å². The van der Waals surface area contributed by atoms with Gasteiger partial charge in [-0.1, -0.05) is 51.0 Å². The Hall–Kier alpha value is -1.43. The van der Waals surface area contributed by atoms with Gasteiger partial charge in [0.15, 0.2) is 4.80 Å². The summed E-state index contributed by atoms with van der Waals surface area (Å²) >= 11 is 11.1. The Bertz CT molecular complexity index is 929. The number of para-hydroxylation sites is 1. The Kier molecular flexibility index (Phi) is 4.47. The van der Waals surface area contributed by atoms with E-state index in [4.69, 9.17) is 11.6 Å². The standard InChI is InChI=1S/C16H12BrClN2OS/c1-2-20-14-12(18)7-4-8-13(14)22-16(20)19-15(21)10-5-3-6-11(17)9-10/h3-9H,2H2,1H3. The molecule has 0 spiro atoms. The van der Waals surface area contributed by atoms with Gasteiger partial charge in [-0.15, -0.1) is 0 Å². The summed E-state index contributed by atoms with van der Waals surface area (Å²) < 4.78 is 3.85. The number of hydrogen-bond acceptors (Lipinski definition) is 2. The predicted molar refractivity (Wildman–Crippen MR) is 94.5 cm³/mol. The highest BCUT2D eigenvalue weighted by Crippen LogP contribution is 2.25. The van der Waals surface area contributed by atoms with Crippen molar-refractivity contribution in [1.82, 2.24) is 4.57 Å². The highest BCUT2D eigenvalue weighted by Gasteiger charge is 2.10. The highest BCUT2D eigenvalue weighted by molar-refractivity contribution is 9.10. The Morgan fingerprint density at radius 2 is 2.09 bits per heavy atom. The van der Waals surface area contributed by atoms with Crippen molar-refractivity contribution in [2.75, 3.05) is 0 Å². The second-order valence-electron chi connectivity index (χ2n) is 4.64. The largest absolute Gasteiger partial charge is 0.315 e. The summed E-state index contributed by atoms with van der Waals surface area (Å²) in [5.41, 5.74) is 1.48. The molecule has 3 nitrogen and oxygen atoms in total. The maximum Gasteiger partial charge on any atom is 0.279 e. The van der Waals surface area contributed by atoms with Gasteiger partial charge in [0, 0.05) is 16.6 Å². The fourth-order valence-corrected chi connectivity index (χ4v) is 4.09. The summed E-state index contributed by atoms with van der Waals surface area (Å²) in [6.07, 6.45) is 0. The molecule has 6 heteroatoms. The molecule has 0 aliphatic rings. The second-order valence-corrected chi connectivity index (χ2v) is 6.97. The van der Waals surface area contributed by atoms with Crippen LogP contribution in [0.15, 0.2) is 51.9 Å². The Morgan fingerprint density at radius 3 is 2.82 bits per heavy atom. The lowest BCUT2D eigenvalue weighted by atomic mass is 10.2. The number of rotatable bonds is 2. The molecule has 0 saturated carbocycles. The normalized spacial score (nSPS) is 12.0. The van der Waals surface area contributed by atoms with Crippen LogP contribution in [0.4, 0.5) is 0 Å². The first-order valence-electron chi connectivity index (χ1n) is 6.72. The molecule has 0 unspecified atom stereocenters. The van der Waals surface area contributed by atoms with Crippen molar-refractivity contribution >= 4 is 55.0 Å². The van der Waals surface area contributed by atoms with E-state index >= 15 is 0 Å². The minimum Gasteiger partial charge on any atom is -0.315 e. The molecular formula is C16H12BrClN2OS. The molecule has 0 radical (unpaired) electrons. The molecule has 0 aliphatic carbocycles. The average molecular weight is 396 g/mol. The number of fused-ring (bicyclic) bond motifs is 1. The van der Waals surface area contributed by atoms with Gasteiger partial charge in [0.2, 0.25) is 0 Å². The molecule has 3 rings (SSSR count). The lowest BCUT2D eigenvalue weighted by Crippen LogP contribution is -2.16. The van der Waals surface area contributed by atoms with Gasteiger partial charge in [-0.25, -0.2) is 0 Å². The third kappa shape index (κ3) is 2.89. The molecule has 1 heterocycles. The average Bonchev–Trinajstić information content (AvgIpc) is 2.85. The zero-order chi connectivity index (χ0) is 15.7. The van der Waals surface area contributed by atoms with E-state index in [2.05, 4.69) is 20.9 Å². The predicted octanol–water partition coefficient (Wildman–Crippen LogP) is 4.88. The lowest BCUT2D eigenvalue weighted by Gasteiger charge is -2.02. The maximum atomic E-state index is 12.4. The quantitative estimate of drug-likeness (QED) is 0.609. The van der Waals surface area contributed by atoms with E-state index in [1.54, 1.807) is 12.1 Å². The molecule has 0 saturated heterocycles. The molecule has 0 atom stereocenters. The van der Waals surface area contributed by atoms with Gasteiger partial charge in [-0.3, -0.25) is 4.79 Å². The number of halogens is 2. The van der Waals surface area contributed by atoms with Gasteiger partial charge in [-0.05, 0) is 37.3 Å². The summed E-state index contributed by atoms with van der Waals surface area (Å²) in [6, 6.07) is 13.0. The van der Waals surface area contributed by atoms with Gasteiger partial charge in [0.1, 0.15) is 0 Å². The number of aryl methyl sites for hydroxylation is 1. The zero-order valence-corrected chi connectivity index (χ0v) is 14.9. The van der Waals surface area contributed by atoms with Gasteiger partial charge in [-0.2, -0.15) is 4.99 Å². The summed E-state index contributed by atoms with van der Waals surface area (Å²) in [4.78, 5) is 17.3. The molecular weight excluding hydrogens is 384 g/mol. The zero-order valence-electron chi connectivity index (χ0n) is 11.7. The van der Waals surface area contributed by atoms with E-state index in [0.29, 0.717) is 21.9 Å². The van der Waals surface area contributed by atoms with Crippen LogP contribution in [-0.4, -0.2) is 10.5 Å². The van der Waals surface area contributed by atoms with E-state index in [-0.39, 0.29) is 5.91 Å². The van der Waals surface area contributed by atoms with Crippen molar-refractivity contribution in [2.45, 2.75) is 13.5 Å². The number of carbonyl (C=O) groups excluding carboxylic acids is 1. The molecule has 0 aliphatic heterocycles. The third-order valence-electron chi connectivity index (χ3n) is 3.24. The molecule has 1 amide bonds. The van der Waals surface area contributed by atoms with E-state index in [1.165, 1.54) is 11.3 Å². The van der Waals surface area contributed by atoms with Gasteiger partial charge in [0.05, 0.1) is 15.2 Å². The molecule has 0 N–H and O–H groups in total. The fourth-order valence-electron chi connectivity index (χ4n) is 2.24. The molecule has 112 valence electrons. The SMILES string of the molecule is CCn1c(=NC(=O)c2cccc(Br)c2)sc2cccc(Cl)c21. The first-order chi connectivity index (χ1) is 10.6. The van der Waals surface area contributed by atoms with Crippen LogP contribution in [-0.2, 0) is 6.54 Å². The monoisotopic (exact) mass is 394 g/mol. The van der Waals surface area contributed by atoms with Crippen LogP contribution in [0, 0.1) is 0 Å². The molecule has 0 fully saturated rings. The molecule has 3 aromatic rings. The second kappa shape index (κ2) is 6.36. The number of thiazole rings is 1. The Balaban J connectivity index is 2.17. The van der Waals surface area contributed by atoms with Crippen LogP contribution in [0.1, 0.15) is 17.3 Å². The summed E-state index contributed by atoms with van der Waals surface area (Å²) in [5.74, 6) is -0.258. The van der Waals surface area contributed by atoms with E-state index in [0.717, 1.165) is 14.7 Å². The first-order valence-corrected chi connectivity index (χ1v) is 8.71. The van der Waals surface area contributed by atoms with Gasteiger partial charge >= 0.3 is 0 Å². The smallest absolute Gasteiger partial charge is 0.279 e. The topological polar surface area (TPSA) is 34.4 Å². The van der Waals surface area contributed by atoms with E-state index < -0.39 is 0 Å². The summed E-state index contributed by atoms with van der Waals surface area (Å²) in [5, 5.41) is 0.673. The number of hydrogen-bond donors (Lipinski definition) is 0. The van der Waals surface area contributed by atoms with Crippen molar-refractivity contribution in [2.24, 2.45) is 4.99 Å². The van der Waals surface area contributed by atoms with Crippen LogP contribution >= 0.6 is 38.9 Å². The number of aromatic nitrogens is 1. The first kappa shape index (κ1) is 15.5. The fraction of sp³-hybridized carbons (Fsp3) is 0.125. The maximum absolute atomic E-state index is 12.4. The minimum absolute atomic E-state index is 0.258. The summed E-state index contributed by atoms with van der Waals surface area (Å²) in [6.45, 7) is 2.71. The minimum atomic E-state index is -0.258. The Morgan fingerprint density at radius 1 is 1.32 bits per heavy atom. The molecule has 1 aromatic heterocycles. The van der Waals surface area contributed by atoms with Crippen LogP contribution < -0.4 is 4.80 Å². The summed E-state index contributed by atoms with van der Waals surface area (Å²) in [7, 11) is 0. The number of benzene rings is 2. The van der Waals surface area contributed by atoms with Crippen LogP contribution in [0.25, 0.3) is 10.2 Å². The van der Waals surface area contributed by atoms with Gasteiger partial charge < -0.3 is 4.57 Å². The lowest BCUT2D eigenvalue weighted by molar-refractivity contribution is 0.0998. The van der Waals surface area contributed by atoms with Gasteiger partial charge in [0.25, 0.3) is 5.91 Å². The van der Waals surface area contributed by atoms with E-state index in [9.17, 15) is 4.79 Å². The Labute approximate surface area is 145 Å².